The van der Waals surface area contributed by atoms with Crippen LogP contribution in [0.1, 0.15) is 23.2 Å². The van der Waals surface area contributed by atoms with Gasteiger partial charge in [-0.2, -0.15) is 0 Å². The van der Waals surface area contributed by atoms with Crippen LogP contribution in [0.5, 0.6) is 11.5 Å². The first-order valence-corrected chi connectivity index (χ1v) is 8.57. The third-order valence-electron chi connectivity index (χ3n) is 5.20. The Morgan fingerprint density at radius 1 is 1.04 bits per heavy atom. The molecule has 0 aromatic heterocycles. The van der Waals surface area contributed by atoms with Gasteiger partial charge >= 0.3 is 0 Å². The maximum absolute atomic E-state index is 12.7. The molecule has 1 aromatic rings. The van der Waals surface area contributed by atoms with Crippen LogP contribution in [0.2, 0.25) is 0 Å². The molecule has 0 aliphatic carbocycles. The minimum atomic E-state index is -0.197. The van der Waals surface area contributed by atoms with Crippen molar-refractivity contribution in [2.45, 2.75) is 18.9 Å². The fraction of sp³-hybridized carbons (Fsp3) is 0.556. The number of hydrogen-bond acceptors (Lipinski definition) is 5. The summed E-state index contributed by atoms with van der Waals surface area (Å²) in [5.41, 5.74) is 5.95. The molecule has 2 aliphatic heterocycles. The number of piperidine rings is 1. The second kappa shape index (κ2) is 7.31. The van der Waals surface area contributed by atoms with Gasteiger partial charge in [-0.1, -0.05) is 0 Å². The Labute approximate surface area is 147 Å². The molecule has 1 aromatic carbocycles. The molecule has 0 bridgehead atoms. The predicted octanol–water partition coefficient (Wildman–Crippen LogP) is 0.726. The highest BCUT2D eigenvalue weighted by Gasteiger charge is 2.37. The van der Waals surface area contributed by atoms with E-state index in [0.29, 0.717) is 36.2 Å². The molecule has 25 heavy (non-hydrogen) atoms. The van der Waals surface area contributed by atoms with Crippen molar-refractivity contribution in [3.8, 4) is 11.5 Å². The summed E-state index contributed by atoms with van der Waals surface area (Å²) in [6.07, 6.45) is 1.62. The van der Waals surface area contributed by atoms with Crippen LogP contribution in [-0.4, -0.2) is 68.1 Å². The molecule has 2 amide bonds. The molecule has 7 heteroatoms. The van der Waals surface area contributed by atoms with Crippen molar-refractivity contribution in [1.29, 1.82) is 0 Å². The summed E-state index contributed by atoms with van der Waals surface area (Å²) in [4.78, 5) is 28.1. The number of methoxy groups -OCH3 is 2. The fourth-order valence-electron chi connectivity index (χ4n) is 3.51. The molecule has 2 aliphatic rings. The summed E-state index contributed by atoms with van der Waals surface area (Å²) in [5.74, 6) is 0.998. The van der Waals surface area contributed by atoms with E-state index in [1.807, 2.05) is 4.90 Å². The van der Waals surface area contributed by atoms with Gasteiger partial charge in [-0.3, -0.25) is 14.5 Å². The predicted molar refractivity (Wildman–Crippen MR) is 92.7 cm³/mol. The molecule has 2 fully saturated rings. The number of carbonyl (C=O) groups excluding carboxylic acids is 2. The normalized spacial score (nSPS) is 19.4. The summed E-state index contributed by atoms with van der Waals surface area (Å²) >= 11 is 0. The third-order valence-corrected chi connectivity index (χ3v) is 5.20. The van der Waals surface area contributed by atoms with Crippen LogP contribution in [-0.2, 0) is 4.79 Å². The molecule has 2 heterocycles. The van der Waals surface area contributed by atoms with Crippen LogP contribution in [0.25, 0.3) is 0 Å². The van der Waals surface area contributed by atoms with E-state index in [2.05, 4.69) is 4.90 Å². The molecule has 3 rings (SSSR count). The van der Waals surface area contributed by atoms with Gasteiger partial charge in [0.15, 0.2) is 0 Å². The molecule has 2 saturated heterocycles. The lowest BCUT2D eigenvalue weighted by molar-refractivity contribution is -0.123. The quantitative estimate of drug-likeness (QED) is 0.849. The van der Waals surface area contributed by atoms with Crippen LogP contribution < -0.4 is 15.2 Å². The Bertz CT molecular complexity index is 627. The van der Waals surface area contributed by atoms with Crippen LogP contribution in [0.15, 0.2) is 18.2 Å². The Morgan fingerprint density at radius 3 is 2.08 bits per heavy atom. The van der Waals surface area contributed by atoms with E-state index in [-0.39, 0.29) is 17.7 Å². The number of primary amides is 1. The topological polar surface area (TPSA) is 85.1 Å². The fourth-order valence-corrected chi connectivity index (χ4v) is 3.51. The third kappa shape index (κ3) is 3.71. The highest BCUT2D eigenvalue weighted by Crippen LogP contribution is 2.27. The van der Waals surface area contributed by atoms with Gasteiger partial charge in [0.05, 0.1) is 14.2 Å². The smallest absolute Gasteiger partial charge is 0.254 e. The molecule has 0 saturated carbocycles. The van der Waals surface area contributed by atoms with Crippen molar-refractivity contribution in [3.63, 3.8) is 0 Å². The molecule has 136 valence electrons. The van der Waals surface area contributed by atoms with Crippen molar-refractivity contribution >= 4 is 11.8 Å². The number of nitrogens with two attached hydrogens (primary N) is 1. The summed E-state index contributed by atoms with van der Waals surface area (Å²) in [6, 6.07) is 5.58. The van der Waals surface area contributed by atoms with E-state index in [0.717, 1.165) is 25.9 Å². The SMILES string of the molecule is COc1cc(OC)cc(C(=O)N2CC(N3CCC(C(N)=O)CC3)C2)c1. The largest absolute Gasteiger partial charge is 0.497 e. The average Bonchev–Trinajstić information content (AvgIpc) is 2.60. The van der Waals surface area contributed by atoms with Crippen molar-refractivity contribution in [2.24, 2.45) is 11.7 Å². The van der Waals surface area contributed by atoms with Crippen molar-refractivity contribution in [1.82, 2.24) is 9.80 Å². The number of likely N-dealkylation sites (tertiary alicyclic amines) is 2. The summed E-state index contributed by atoms with van der Waals surface area (Å²) in [7, 11) is 3.14. The van der Waals surface area contributed by atoms with E-state index in [9.17, 15) is 9.59 Å². The number of carbonyl (C=O) groups is 2. The van der Waals surface area contributed by atoms with Crippen molar-refractivity contribution in [3.05, 3.63) is 23.8 Å². The van der Waals surface area contributed by atoms with Crippen molar-refractivity contribution in [2.75, 3.05) is 40.4 Å². The molecule has 2 N–H and O–H groups in total. The van der Waals surface area contributed by atoms with Crippen LogP contribution in [0.3, 0.4) is 0 Å². The van der Waals surface area contributed by atoms with Gasteiger partial charge in [0.1, 0.15) is 11.5 Å². The van der Waals surface area contributed by atoms with Crippen molar-refractivity contribution < 1.29 is 19.1 Å². The number of amides is 2. The standard InChI is InChI=1S/C18H25N3O4/c1-24-15-7-13(8-16(9-15)25-2)18(23)21-10-14(11-21)20-5-3-12(4-6-20)17(19)22/h7-9,12,14H,3-6,10-11H2,1-2H3,(H2,19,22). The van der Waals surface area contributed by atoms with Crippen LogP contribution in [0.4, 0.5) is 0 Å². The Morgan fingerprint density at radius 2 is 1.60 bits per heavy atom. The van der Waals surface area contributed by atoms with E-state index >= 15 is 0 Å². The number of benzene rings is 1. The molecule has 0 unspecified atom stereocenters. The molecule has 0 spiro atoms. The lowest BCUT2D eigenvalue weighted by Gasteiger charge is -2.47. The second-order valence-corrected chi connectivity index (χ2v) is 6.68. The second-order valence-electron chi connectivity index (χ2n) is 6.68. The van der Waals surface area contributed by atoms with Crippen LogP contribution in [0, 0.1) is 5.92 Å². The highest BCUT2D eigenvalue weighted by molar-refractivity contribution is 5.95. The average molecular weight is 347 g/mol. The maximum Gasteiger partial charge on any atom is 0.254 e. The monoisotopic (exact) mass is 347 g/mol. The Balaban J connectivity index is 1.56. The van der Waals surface area contributed by atoms with Gasteiger partial charge in [0.2, 0.25) is 5.91 Å². The zero-order chi connectivity index (χ0) is 18.0. The lowest BCUT2D eigenvalue weighted by Crippen LogP contribution is -2.62. The zero-order valence-electron chi connectivity index (χ0n) is 14.7. The van der Waals surface area contributed by atoms with Gasteiger partial charge < -0.3 is 20.1 Å². The van der Waals surface area contributed by atoms with Gasteiger partial charge in [0.25, 0.3) is 5.91 Å². The minimum Gasteiger partial charge on any atom is -0.497 e. The lowest BCUT2D eigenvalue weighted by atomic mass is 9.93. The maximum atomic E-state index is 12.7. The van der Waals surface area contributed by atoms with E-state index in [4.69, 9.17) is 15.2 Å². The Hall–Kier alpha value is -2.28. The first kappa shape index (κ1) is 17.5. The summed E-state index contributed by atoms with van der Waals surface area (Å²) < 4.78 is 10.5. The number of ether oxygens (including phenoxy) is 2. The number of rotatable bonds is 5. The van der Waals surface area contributed by atoms with Gasteiger partial charge in [-0.25, -0.2) is 0 Å². The highest BCUT2D eigenvalue weighted by atomic mass is 16.5. The molecule has 0 atom stereocenters. The van der Waals surface area contributed by atoms with Gasteiger partial charge in [0, 0.05) is 36.7 Å². The Kier molecular flexibility index (Phi) is 5.13. The van der Waals surface area contributed by atoms with E-state index in [1.165, 1.54) is 0 Å². The molecule has 7 nitrogen and oxygen atoms in total. The van der Waals surface area contributed by atoms with E-state index < -0.39 is 0 Å². The number of hydrogen-bond donors (Lipinski definition) is 1. The first-order chi connectivity index (χ1) is 12.0. The van der Waals surface area contributed by atoms with Crippen LogP contribution >= 0.6 is 0 Å². The van der Waals surface area contributed by atoms with Gasteiger partial charge in [-0.15, -0.1) is 0 Å². The zero-order valence-corrected chi connectivity index (χ0v) is 14.7. The minimum absolute atomic E-state index is 0.00156. The molecular weight excluding hydrogens is 322 g/mol. The molecular formula is C18H25N3O4. The van der Waals surface area contributed by atoms with E-state index in [1.54, 1.807) is 32.4 Å². The van der Waals surface area contributed by atoms with Gasteiger partial charge in [-0.05, 0) is 38.1 Å². The molecule has 0 radical (unpaired) electrons. The summed E-state index contributed by atoms with van der Waals surface area (Å²) in [6.45, 7) is 3.15. The summed E-state index contributed by atoms with van der Waals surface area (Å²) in [5, 5.41) is 0. The number of nitrogens with zero attached hydrogens (tertiary/aromatic N) is 2. The first-order valence-electron chi connectivity index (χ1n) is 8.57.